The van der Waals surface area contributed by atoms with Gasteiger partial charge in [0, 0.05) is 36.5 Å². The van der Waals surface area contributed by atoms with Crippen molar-refractivity contribution in [2.75, 3.05) is 17.7 Å². The molecule has 1 saturated carbocycles. The summed E-state index contributed by atoms with van der Waals surface area (Å²) in [5.41, 5.74) is 2.03. The number of thioether (sulfide) groups is 1. The number of hydrogen-bond donors (Lipinski definition) is 1. The number of nitrogens with zero attached hydrogens (tertiary/aromatic N) is 2. The van der Waals surface area contributed by atoms with Gasteiger partial charge in [-0.2, -0.15) is 0 Å². The molecule has 0 saturated heterocycles. The number of aromatic nitrogens is 2. The zero-order chi connectivity index (χ0) is 25.9. The molecule has 0 atom stereocenters. The fourth-order valence-corrected chi connectivity index (χ4v) is 6.62. The molecule has 0 aliphatic heterocycles. The quantitative estimate of drug-likeness (QED) is 0.406. The molecule has 1 fully saturated rings. The Kier molecular flexibility index (Phi) is 8.04. The molecule has 8 nitrogen and oxygen atoms in total. The van der Waals surface area contributed by atoms with Crippen molar-refractivity contribution < 1.29 is 22.7 Å². The lowest BCUT2D eigenvalue weighted by atomic mass is 9.87. The average Bonchev–Trinajstić information content (AvgIpc) is 3.30. The van der Waals surface area contributed by atoms with E-state index in [0.29, 0.717) is 17.0 Å². The highest BCUT2D eigenvalue weighted by Gasteiger charge is 2.27. The highest BCUT2D eigenvalue weighted by molar-refractivity contribution is 8.13. The molecule has 10 heteroatoms. The van der Waals surface area contributed by atoms with Gasteiger partial charge in [0.25, 0.3) is 10.0 Å². The molecule has 1 aliphatic carbocycles. The molecular formula is C26H31N3O5S2. The van der Waals surface area contributed by atoms with Gasteiger partial charge in [-0.15, -0.1) is 0 Å². The van der Waals surface area contributed by atoms with E-state index < -0.39 is 16.0 Å². The highest BCUT2D eigenvalue weighted by Crippen LogP contribution is 2.34. The second-order valence-electron chi connectivity index (χ2n) is 9.10. The van der Waals surface area contributed by atoms with E-state index in [9.17, 15) is 18.0 Å². The third-order valence-corrected chi connectivity index (χ3v) is 9.20. The largest absolute Gasteiger partial charge is 0.462 e. The van der Waals surface area contributed by atoms with Crippen LogP contribution in [-0.2, 0) is 19.6 Å². The molecule has 192 valence electrons. The molecule has 36 heavy (non-hydrogen) atoms. The van der Waals surface area contributed by atoms with E-state index in [2.05, 4.69) is 10.3 Å². The lowest BCUT2D eigenvalue weighted by Gasteiger charge is -2.30. The number of carbonyl (C=O) groups is 2. The highest BCUT2D eigenvalue weighted by atomic mass is 32.2. The normalized spacial score (nSPS) is 18.2. The molecule has 1 N–H and O–H groups in total. The van der Waals surface area contributed by atoms with Gasteiger partial charge in [0.05, 0.1) is 17.2 Å². The first-order valence-corrected chi connectivity index (χ1v) is 14.5. The van der Waals surface area contributed by atoms with Crippen LogP contribution in [0.15, 0.2) is 47.6 Å². The number of rotatable bonds is 8. The number of carbonyl (C=O) groups excluding carboxylic acids is 2. The molecule has 2 aromatic heterocycles. The maximum Gasteiger partial charge on any atom is 0.341 e. The molecule has 0 amide bonds. The van der Waals surface area contributed by atoms with Crippen molar-refractivity contribution >= 4 is 49.6 Å². The molecule has 4 rings (SSSR count). The summed E-state index contributed by atoms with van der Waals surface area (Å²) in [6, 6.07) is 8.44. The van der Waals surface area contributed by atoms with Gasteiger partial charge in [-0.1, -0.05) is 29.5 Å². The van der Waals surface area contributed by atoms with E-state index in [-0.39, 0.29) is 33.9 Å². The van der Waals surface area contributed by atoms with Crippen molar-refractivity contribution in [3.05, 3.63) is 53.9 Å². The van der Waals surface area contributed by atoms with Crippen LogP contribution in [0.5, 0.6) is 0 Å². The van der Waals surface area contributed by atoms with Gasteiger partial charge in [-0.3, -0.25) is 4.79 Å². The summed E-state index contributed by atoms with van der Waals surface area (Å²) < 4.78 is 33.2. The van der Waals surface area contributed by atoms with Gasteiger partial charge in [-0.05, 0) is 63.6 Å². The topological polar surface area (TPSA) is 107 Å². The Labute approximate surface area is 215 Å². The van der Waals surface area contributed by atoms with Gasteiger partial charge in [0.15, 0.2) is 10.8 Å². The molecular weight excluding hydrogens is 498 g/mol. The Bertz CT molecular complexity index is 1360. The molecule has 3 aromatic rings. The predicted molar refractivity (Wildman–Crippen MR) is 142 cm³/mol. The molecule has 2 heterocycles. The summed E-state index contributed by atoms with van der Waals surface area (Å²) in [6.07, 6.45) is 6.59. The molecule has 1 aromatic carbocycles. The van der Waals surface area contributed by atoms with E-state index in [1.54, 1.807) is 44.2 Å². The van der Waals surface area contributed by atoms with Gasteiger partial charge >= 0.3 is 5.97 Å². The van der Waals surface area contributed by atoms with Crippen molar-refractivity contribution in [1.82, 2.24) is 8.96 Å². The SMILES string of the molecule is CCOC(=O)c1cnc2c(ccn2S(=O)(=O)c2ccc(C)cc2)c1NC1CCC(CSC(C)=O)CC1. The smallest absolute Gasteiger partial charge is 0.341 e. The standard InChI is InChI=1S/C26H31N3O5S2/c1-4-34-26(31)23-15-27-25-22(13-14-29(25)36(32,33)21-11-5-17(2)6-12-21)24(23)28-20-9-7-19(8-10-20)16-35-18(3)30/h5-6,11-15,19-20H,4,7-10,16H2,1-3H3,(H,27,28). The van der Waals surface area contributed by atoms with Crippen molar-refractivity contribution in [1.29, 1.82) is 0 Å². The van der Waals surface area contributed by atoms with Crippen LogP contribution in [0.1, 0.15) is 55.5 Å². The number of ether oxygens (including phenoxy) is 1. The van der Waals surface area contributed by atoms with E-state index in [1.807, 2.05) is 6.92 Å². The first-order chi connectivity index (χ1) is 17.2. The maximum absolute atomic E-state index is 13.4. The first-order valence-electron chi connectivity index (χ1n) is 12.1. The minimum atomic E-state index is -3.87. The Balaban J connectivity index is 1.67. The van der Waals surface area contributed by atoms with E-state index >= 15 is 0 Å². The Morgan fingerprint density at radius 3 is 2.47 bits per heavy atom. The van der Waals surface area contributed by atoms with Crippen molar-refractivity contribution in [3.63, 3.8) is 0 Å². The third kappa shape index (κ3) is 5.59. The van der Waals surface area contributed by atoms with Gasteiger partial charge in [0.1, 0.15) is 5.56 Å². The predicted octanol–water partition coefficient (Wildman–Crippen LogP) is 5.01. The summed E-state index contributed by atoms with van der Waals surface area (Å²) in [7, 11) is -3.87. The number of benzene rings is 1. The fourth-order valence-electron chi connectivity index (χ4n) is 4.51. The second-order valence-corrected chi connectivity index (χ2v) is 12.1. The van der Waals surface area contributed by atoms with Gasteiger partial charge in [-0.25, -0.2) is 22.2 Å². The van der Waals surface area contributed by atoms with Crippen LogP contribution in [0, 0.1) is 12.8 Å². The summed E-state index contributed by atoms with van der Waals surface area (Å²) in [4.78, 5) is 28.6. The number of pyridine rings is 1. The maximum atomic E-state index is 13.4. The number of aryl methyl sites for hydroxylation is 1. The Hall–Kier alpha value is -2.85. The number of fused-ring (bicyclic) bond motifs is 1. The minimum Gasteiger partial charge on any atom is -0.462 e. The number of nitrogens with one attached hydrogen (secondary N) is 1. The monoisotopic (exact) mass is 529 g/mol. The lowest BCUT2D eigenvalue weighted by molar-refractivity contribution is -0.109. The van der Waals surface area contributed by atoms with E-state index in [4.69, 9.17) is 4.74 Å². The summed E-state index contributed by atoms with van der Waals surface area (Å²) in [5.74, 6) is 0.810. The zero-order valence-electron chi connectivity index (χ0n) is 20.7. The summed E-state index contributed by atoms with van der Waals surface area (Å²) in [6.45, 7) is 5.45. The number of esters is 1. The van der Waals surface area contributed by atoms with Crippen LogP contribution in [0.25, 0.3) is 11.0 Å². The van der Waals surface area contributed by atoms with Gasteiger partial charge < -0.3 is 10.1 Å². The number of anilines is 1. The molecule has 0 unspecified atom stereocenters. The first kappa shape index (κ1) is 26.2. The van der Waals surface area contributed by atoms with Crippen LogP contribution in [0.3, 0.4) is 0 Å². The van der Waals surface area contributed by atoms with Crippen LogP contribution in [0.4, 0.5) is 5.69 Å². The lowest BCUT2D eigenvalue weighted by Crippen LogP contribution is -2.28. The Morgan fingerprint density at radius 2 is 1.83 bits per heavy atom. The van der Waals surface area contributed by atoms with Crippen molar-refractivity contribution in [3.8, 4) is 0 Å². The van der Waals surface area contributed by atoms with Gasteiger partial charge in [0.2, 0.25) is 0 Å². The minimum absolute atomic E-state index is 0.111. The van der Waals surface area contributed by atoms with Crippen LogP contribution in [0.2, 0.25) is 0 Å². The second kappa shape index (κ2) is 11.0. The summed E-state index contributed by atoms with van der Waals surface area (Å²) >= 11 is 1.37. The molecule has 0 spiro atoms. The van der Waals surface area contributed by atoms with E-state index in [0.717, 1.165) is 41.0 Å². The van der Waals surface area contributed by atoms with Crippen molar-refractivity contribution in [2.45, 2.75) is 57.4 Å². The van der Waals surface area contributed by atoms with Crippen LogP contribution >= 0.6 is 11.8 Å². The zero-order valence-corrected chi connectivity index (χ0v) is 22.3. The van der Waals surface area contributed by atoms with Crippen LogP contribution < -0.4 is 5.32 Å². The molecule has 0 bridgehead atoms. The average molecular weight is 530 g/mol. The Morgan fingerprint density at radius 1 is 1.14 bits per heavy atom. The molecule has 1 aliphatic rings. The van der Waals surface area contributed by atoms with E-state index in [1.165, 1.54) is 24.2 Å². The third-order valence-electron chi connectivity index (χ3n) is 6.47. The van der Waals surface area contributed by atoms with Crippen molar-refractivity contribution in [2.24, 2.45) is 5.92 Å². The molecule has 0 radical (unpaired) electrons. The summed E-state index contributed by atoms with van der Waals surface area (Å²) in [5, 5.41) is 4.19. The fraction of sp³-hybridized carbons (Fsp3) is 0.423. The van der Waals surface area contributed by atoms with Crippen LogP contribution in [-0.4, -0.2) is 46.9 Å². The number of hydrogen-bond acceptors (Lipinski definition) is 8.